The summed E-state index contributed by atoms with van der Waals surface area (Å²) in [5, 5.41) is 6.25. The Balaban J connectivity index is 0.000000791. The van der Waals surface area contributed by atoms with Gasteiger partial charge in [0.25, 0.3) is 0 Å². The second-order valence-corrected chi connectivity index (χ2v) is 4.25. The van der Waals surface area contributed by atoms with Crippen molar-refractivity contribution in [2.75, 3.05) is 19.6 Å². The summed E-state index contributed by atoms with van der Waals surface area (Å²) in [5.41, 5.74) is 0. The molecule has 0 radical (unpaired) electrons. The van der Waals surface area contributed by atoms with Crippen molar-refractivity contribution in [1.29, 1.82) is 5.26 Å². The number of hydrogen-bond donors (Lipinski definition) is 1. The zero-order valence-electron chi connectivity index (χ0n) is 9.68. The van der Waals surface area contributed by atoms with Gasteiger partial charge in [0.2, 0.25) is 0 Å². The molecule has 1 aliphatic rings. The molecule has 1 saturated heterocycles. The first kappa shape index (κ1) is 13.4. The van der Waals surface area contributed by atoms with Gasteiger partial charge in [0.05, 0.1) is 19.6 Å². The lowest BCUT2D eigenvalue weighted by atomic mass is 9.94. The summed E-state index contributed by atoms with van der Waals surface area (Å²) < 4.78 is 0. The highest BCUT2D eigenvalue weighted by molar-refractivity contribution is 4.60. The number of nitrogens with zero attached hydrogens (tertiary/aromatic N) is 1. The minimum Gasteiger partial charge on any atom is -0.512 e. The molecule has 2 unspecified atom stereocenters. The van der Waals surface area contributed by atoms with Crippen LogP contribution in [0.3, 0.4) is 0 Å². The van der Waals surface area contributed by atoms with E-state index in [0.29, 0.717) is 0 Å². The van der Waals surface area contributed by atoms with Crippen molar-refractivity contribution in [3.63, 3.8) is 0 Å². The second-order valence-electron chi connectivity index (χ2n) is 4.25. The van der Waals surface area contributed by atoms with E-state index in [1.54, 1.807) is 0 Å². The molecule has 1 aliphatic heterocycles. The Morgan fingerprint density at radius 1 is 1.29 bits per heavy atom. The first-order valence-corrected chi connectivity index (χ1v) is 5.92. The molecule has 1 N–H and O–H groups in total. The Hall–Kier alpha value is -0.550. The number of likely N-dealkylation sites (tertiary alicyclic amines) is 1. The molecule has 82 valence electrons. The highest BCUT2D eigenvalue weighted by Crippen LogP contribution is 2.13. The van der Waals surface area contributed by atoms with Gasteiger partial charge in [0.15, 0.2) is 0 Å². The Morgan fingerprint density at radius 3 is 2.57 bits per heavy atom. The summed E-state index contributed by atoms with van der Waals surface area (Å²) in [6.07, 6.45) is 7.17. The fraction of sp³-hybridized carbons (Fsp3) is 0.917. The summed E-state index contributed by atoms with van der Waals surface area (Å²) in [6, 6.07) is 0. The van der Waals surface area contributed by atoms with Crippen molar-refractivity contribution in [3.8, 4) is 0 Å². The van der Waals surface area contributed by atoms with Gasteiger partial charge in [-0.05, 0) is 25.7 Å². The predicted molar refractivity (Wildman–Crippen MR) is 58.5 cm³/mol. The van der Waals surface area contributed by atoms with Gasteiger partial charge in [0.1, 0.15) is 0 Å². The number of nitrogens with one attached hydrogen (secondary N) is 1. The third-order valence-electron chi connectivity index (χ3n) is 3.02. The molecule has 0 aromatic rings. The van der Waals surface area contributed by atoms with Crippen molar-refractivity contribution in [3.05, 3.63) is 6.57 Å². The minimum atomic E-state index is 1.05. The van der Waals surface area contributed by atoms with Crippen LogP contribution >= 0.6 is 0 Å². The van der Waals surface area contributed by atoms with Crippen LogP contribution in [0.25, 0.3) is 0 Å². The summed E-state index contributed by atoms with van der Waals surface area (Å²) in [7, 11) is 0. The van der Waals surface area contributed by atoms with E-state index in [0.717, 1.165) is 5.92 Å². The summed E-state index contributed by atoms with van der Waals surface area (Å²) in [5.74, 6) is 1.05. The molecule has 0 amide bonds. The monoisotopic (exact) mass is 196 g/mol. The third kappa shape index (κ3) is 5.24. The van der Waals surface area contributed by atoms with Crippen LogP contribution in [0.5, 0.6) is 0 Å². The Labute approximate surface area is 88.9 Å². The molecule has 0 aromatic carbocycles. The Bertz CT molecular complexity index is 127. The summed E-state index contributed by atoms with van der Waals surface area (Å²) >= 11 is 0. The van der Waals surface area contributed by atoms with Crippen LogP contribution in [0.2, 0.25) is 0 Å². The van der Waals surface area contributed by atoms with Crippen molar-refractivity contribution < 1.29 is 4.90 Å². The van der Waals surface area contributed by atoms with Crippen molar-refractivity contribution in [2.24, 2.45) is 5.92 Å². The molecule has 2 atom stereocenters. The van der Waals surface area contributed by atoms with Crippen LogP contribution in [0.1, 0.15) is 46.0 Å². The van der Waals surface area contributed by atoms with Gasteiger partial charge in [-0.2, -0.15) is 0 Å². The number of quaternary nitrogens is 1. The van der Waals surface area contributed by atoms with E-state index in [2.05, 4.69) is 13.8 Å². The zero-order chi connectivity index (χ0) is 10.8. The molecule has 2 nitrogen and oxygen atoms in total. The van der Waals surface area contributed by atoms with Gasteiger partial charge in [-0.3, -0.25) is 0 Å². The average Bonchev–Trinajstić information content (AvgIpc) is 2.22. The van der Waals surface area contributed by atoms with Crippen molar-refractivity contribution in [2.45, 2.75) is 46.0 Å². The molecule has 1 rings (SSSR count). The molecule has 14 heavy (non-hydrogen) atoms. The quantitative estimate of drug-likeness (QED) is 0.680. The van der Waals surface area contributed by atoms with Crippen LogP contribution in [-0.2, 0) is 0 Å². The van der Waals surface area contributed by atoms with Crippen LogP contribution in [0, 0.1) is 17.8 Å². The lowest BCUT2D eigenvalue weighted by Gasteiger charge is -2.29. The van der Waals surface area contributed by atoms with Gasteiger partial charge >= 0.3 is 0 Å². The molecule has 2 heteroatoms. The number of piperidine rings is 1. The van der Waals surface area contributed by atoms with Crippen LogP contribution < -0.4 is 4.90 Å². The van der Waals surface area contributed by atoms with Crippen molar-refractivity contribution >= 4 is 0 Å². The molecule has 0 aliphatic carbocycles. The maximum atomic E-state index is 6.25. The molecule has 1 fully saturated rings. The van der Waals surface area contributed by atoms with Gasteiger partial charge in [-0.15, -0.1) is 0 Å². The molecule has 0 bridgehead atoms. The smallest absolute Gasteiger partial charge is 0.0799 e. The third-order valence-corrected chi connectivity index (χ3v) is 3.02. The maximum absolute atomic E-state index is 6.25. The lowest BCUT2D eigenvalue weighted by Crippen LogP contribution is -3.13. The van der Waals surface area contributed by atoms with Gasteiger partial charge in [0, 0.05) is 5.92 Å². The van der Waals surface area contributed by atoms with E-state index in [1.165, 1.54) is 51.7 Å². The lowest BCUT2D eigenvalue weighted by molar-refractivity contribution is -0.908. The largest absolute Gasteiger partial charge is 0.512 e. The summed E-state index contributed by atoms with van der Waals surface area (Å²) in [4.78, 5) is 1.86. The number of rotatable bonds is 4. The van der Waals surface area contributed by atoms with E-state index in [4.69, 9.17) is 11.8 Å². The summed E-state index contributed by atoms with van der Waals surface area (Å²) in [6.45, 7) is 13.7. The minimum absolute atomic E-state index is 1.05. The fourth-order valence-electron chi connectivity index (χ4n) is 2.49. The van der Waals surface area contributed by atoms with Crippen LogP contribution in [-0.4, -0.2) is 19.6 Å². The topological polar surface area (TPSA) is 28.2 Å². The number of hydrogen-bond acceptors (Lipinski definition) is 1. The Morgan fingerprint density at radius 2 is 2.00 bits per heavy atom. The Kier molecular flexibility index (Phi) is 8.67. The normalized spacial score (nSPS) is 26.3. The standard InChI is InChI=1S/C11H23N.CN/c1-3-6-11-7-5-9-12(10-11)8-4-2;1-2/h11H,3-10H2,1-2H3;/q;-1/p+1. The zero-order valence-corrected chi connectivity index (χ0v) is 9.68. The second kappa shape index (κ2) is 9.02. The van der Waals surface area contributed by atoms with E-state index in [-0.39, 0.29) is 0 Å². The molecular weight excluding hydrogens is 172 g/mol. The molecule has 0 aromatic heterocycles. The van der Waals surface area contributed by atoms with Crippen molar-refractivity contribution in [1.82, 2.24) is 0 Å². The fourth-order valence-corrected chi connectivity index (χ4v) is 2.49. The highest BCUT2D eigenvalue weighted by Gasteiger charge is 2.20. The van der Waals surface area contributed by atoms with Crippen LogP contribution in [0.4, 0.5) is 0 Å². The van der Waals surface area contributed by atoms with Gasteiger partial charge in [-0.1, -0.05) is 20.3 Å². The van der Waals surface area contributed by atoms with E-state index in [9.17, 15) is 0 Å². The van der Waals surface area contributed by atoms with Gasteiger partial charge < -0.3 is 16.7 Å². The maximum Gasteiger partial charge on any atom is 0.0799 e. The predicted octanol–water partition coefficient (Wildman–Crippen LogP) is 1.59. The molecule has 1 heterocycles. The SMILES string of the molecule is CCCC1CCC[NH+](CCC)C1.[C-]#N. The molecule has 0 spiro atoms. The van der Waals surface area contributed by atoms with Crippen LogP contribution in [0.15, 0.2) is 0 Å². The molecule has 0 saturated carbocycles. The first-order chi connectivity index (χ1) is 6.86. The highest BCUT2D eigenvalue weighted by atomic mass is 15.1. The average molecular weight is 196 g/mol. The first-order valence-electron chi connectivity index (χ1n) is 5.92. The van der Waals surface area contributed by atoms with E-state index >= 15 is 0 Å². The van der Waals surface area contributed by atoms with E-state index in [1.807, 2.05) is 4.90 Å². The van der Waals surface area contributed by atoms with Gasteiger partial charge in [-0.25, -0.2) is 0 Å². The van der Waals surface area contributed by atoms with E-state index < -0.39 is 0 Å². The molecular formula is C12H24N2.